The van der Waals surface area contributed by atoms with E-state index in [9.17, 15) is 0 Å². The third kappa shape index (κ3) is 3.54. The van der Waals surface area contributed by atoms with Crippen molar-refractivity contribution in [3.05, 3.63) is 65.4 Å². The number of aryl methyl sites for hydroxylation is 2. The molecule has 1 heterocycles. The first kappa shape index (κ1) is 15.6. The number of H-pyrrole nitrogens is 1. The second kappa shape index (κ2) is 6.84. The quantitative estimate of drug-likeness (QED) is 0.626. The number of anilines is 1. The SMILES string of the molecule is Cc1cccc(C)c1NC(=S)NCCc1c[nH]c2ccccc12. The molecule has 0 amide bonds. The summed E-state index contributed by atoms with van der Waals surface area (Å²) < 4.78 is 0. The first-order valence-corrected chi connectivity index (χ1v) is 8.22. The topological polar surface area (TPSA) is 39.8 Å². The van der Waals surface area contributed by atoms with Gasteiger partial charge in [-0.2, -0.15) is 0 Å². The van der Waals surface area contributed by atoms with Gasteiger partial charge in [-0.25, -0.2) is 0 Å². The number of nitrogens with one attached hydrogen (secondary N) is 3. The van der Waals surface area contributed by atoms with Crippen molar-refractivity contribution in [1.82, 2.24) is 10.3 Å². The van der Waals surface area contributed by atoms with Crippen molar-refractivity contribution in [1.29, 1.82) is 0 Å². The maximum Gasteiger partial charge on any atom is 0.170 e. The highest BCUT2D eigenvalue weighted by atomic mass is 32.1. The van der Waals surface area contributed by atoms with E-state index in [0.717, 1.165) is 18.7 Å². The van der Waals surface area contributed by atoms with Crippen molar-refractivity contribution in [3.63, 3.8) is 0 Å². The molecule has 0 aliphatic heterocycles. The van der Waals surface area contributed by atoms with Gasteiger partial charge in [0.25, 0.3) is 0 Å². The van der Waals surface area contributed by atoms with Gasteiger partial charge < -0.3 is 15.6 Å². The van der Waals surface area contributed by atoms with Crippen molar-refractivity contribution in [2.45, 2.75) is 20.3 Å². The molecule has 3 N–H and O–H groups in total. The fourth-order valence-electron chi connectivity index (χ4n) is 2.82. The standard InChI is InChI=1S/C19H21N3S/c1-13-6-5-7-14(2)18(13)22-19(23)20-11-10-15-12-21-17-9-4-3-8-16(15)17/h3-9,12,21H,10-11H2,1-2H3,(H2,20,22,23). The van der Waals surface area contributed by atoms with Gasteiger partial charge in [-0.3, -0.25) is 0 Å². The Morgan fingerprint density at radius 3 is 2.57 bits per heavy atom. The average molecular weight is 323 g/mol. The number of benzene rings is 2. The molecule has 3 aromatic rings. The van der Waals surface area contributed by atoms with E-state index in [1.54, 1.807) is 0 Å². The molecule has 0 aliphatic carbocycles. The van der Waals surface area contributed by atoms with Crippen molar-refractivity contribution in [2.75, 3.05) is 11.9 Å². The van der Waals surface area contributed by atoms with E-state index in [2.05, 4.69) is 72.1 Å². The van der Waals surface area contributed by atoms with Crippen LogP contribution in [0.3, 0.4) is 0 Å². The highest BCUT2D eigenvalue weighted by Crippen LogP contribution is 2.19. The predicted octanol–water partition coefficient (Wildman–Crippen LogP) is 4.31. The van der Waals surface area contributed by atoms with Crippen LogP contribution in [-0.4, -0.2) is 16.6 Å². The van der Waals surface area contributed by atoms with Crippen LogP contribution in [0, 0.1) is 13.8 Å². The number of para-hydroxylation sites is 2. The van der Waals surface area contributed by atoms with Crippen LogP contribution in [-0.2, 0) is 6.42 Å². The summed E-state index contributed by atoms with van der Waals surface area (Å²) in [6.07, 6.45) is 3.01. The third-order valence-corrected chi connectivity index (χ3v) is 4.32. The van der Waals surface area contributed by atoms with Gasteiger partial charge in [-0.05, 0) is 55.2 Å². The highest BCUT2D eigenvalue weighted by molar-refractivity contribution is 7.80. The lowest BCUT2D eigenvalue weighted by molar-refractivity contribution is 0.878. The Bertz CT molecular complexity index is 815. The molecule has 0 bridgehead atoms. The van der Waals surface area contributed by atoms with Gasteiger partial charge in [0.2, 0.25) is 0 Å². The second-order valence-corrected chi connectivity index (χ2v) is 6.17. The zero-order valence-electron chi connectivity index (χ0n) is 13.4. The van der Waals surface area contributed by atoms with Gasteiger partial charge in [-0.15, -0.1) is 0 Å². The molecule has 2 aromatic carbocycles. The molecule has 1 aromatic heterocycles. The van der Waals surface area contributed by atoms with E-state index < -0.39 is 0 Å². The molecule has 3 nitrogen and oxygen atoms in total. The Labute approximate surface area is 142 Å². The van der Waals surface area contributed by atoms with E-state index in [-0.39, 0.29) is 0 Å². The lowest BCUT2D eigenvalue weighted by Gasteiger charge is -2.14. The number of thiocarbonyl (C=S) groups is 1. The van der Waals surface area contributed by atoms with Gasteiger partial charge in [0.05, 0.1) is 0 Å². The zero-order chi connectivity index (χ0) is 16.2. The molecule has 4 heteroatoms. The van der Waals surface area contributed by atoms with Crippen LogP contribution in [0.25, 0.3) is 10.9 Å². The fraction of sp³-hybridized carbons (Fsp3) is 0.211. The Hall–Kier alpha value is -2.33. The van der Waals surface area contributed by atoms with Gasteiger partial charge >= 0.3 is 0 Å². The molecule has 3 rings (SSSR count). The van der Waals surface area contributed by atoms with Crippen molar-refractivity contribution < 1.29 is 0 Å². The van der Waals surface area contributed by atoms with Gasteiger partial charge in [0, 0.05) is 29.3 Å². The number of aromatic nitrogens is 1. The number of hydrogen-bond donors (Lipinski definition) is 3. The normalized spacial score (nSPS) is 10.7. The maximum atomic E-state index is 5.42. The maximum absolute atomic E-state index is 5.42. The van der Waals surface area contributed by atoms with E-state index in [1.807, 2.05) is 6.07 Å². The summed E-state index contributed by atoms with van der Waals surface area (Å²) in [7, 11) is 0. The molecular formula is C19H21N3S. The minimum Gasteiger partial charge on any atom is -0.362 e. The van der Waals surface area contributed by atoms with Crippen molar-refractivity contribution in [3.8, 4) is 0 Å². The van der Waals surface area contributed by atoms with Gasteiger partial charge in [-0.1, -0.05) is 36.4 Å². The Morgan fingerprint density at radius 2 is 1.78 bits per heavy atom. The lowest BCUT2D eigenvalue weighted by Crippen LogP contribution is -2.30. The Balaban J connectivity index is 1.57. The Kier molecular flexibility index (Phi) is 4.63. The van der Waals surface area contributed by atoms with E-state index >= 15 is 0 Å². The van der Waals surface area contributed by atoms with Crippen LogP contribution < -0.4 is 10.6 Å². The smallest absolute Gasteiger partial charge is 0.170 e. The molecule has 23 heavy (non-hydrogen) atoms. The summed E-state index contributed by atoms with van der Waals surface area (Å²) in [6, 6.07) is 14.6. The molecule has 0 atom stereocenters. The van der Waals surface area contributed by atoms with Crippen molar-refractivity contribution in [2.24, 2.45) is 0 Å². The van der Waals surface area contributed by atoms with Crippen LogP contribution in [0.15, 0.2) is 48.7 Å². The molecule has 0 saturated heterocycles. The zero-order valence-corrected chi connectivity index (χ0v) is 14.3. The van der Waals surface area contributed by atoms with Crippen LogP contribution >= 0.6 is 12.2 Å². The molecule has 0 aliphatic rings. The van der Waals surface area contributed by atoms with Gasteiger partial charge in [0.15, 0.2) is 5.11 Å². The average Bonchev–Trinajstić information content (AvgIpc) is 2.95. The predicted molar refractivity (Wildman–Crippen MR) is 102 cm³/mol. The molecule has 0 saturated carbocycles. The summed E-state index contributed by atoms with van der Waals surface area (Å²) >= 11 is 5.42. The number of aromatic amines is 1. The molecule has 0 fully saturated rings. The largest absolute Gasteiger partial charge is 0.362 e. The third-order valence-electron chi connectivity index (χ3n) is 4.07. The minimum atomic E-state index is 0.669. The van der Waals surface area contributed by atoms with Crippen molar-refractivity contribution >= 4 is 33.9 Å². The Morgan fingerprint density at radius 1 is 1.04 bits per heavy atom. The molecule has 0 radical (unpaired) electrons. The number of rotatable bonds is 4. The summed E-state index contributed by atoms with van der Waals surface area (Å²) in [5.74, 6) is 0. The molecule has 0 spiro atoms. The first-order chi connectivity index (χ1) is 11.1. The lowest BCUT2D eigenvalue weighted by atomic mass is 10.1. The number of hydrogen-bond acceptors (Lipinski definition) is 1. The van der Waals surface area contributed by atoms with E-state index in [4.69, 9.17) is 12.2 Å². The van der Waals surface area contributed by atoms with Crippen LogP contribution in [0.5, 0.6) is 0 Å². The second-order valence-electron chi connectivity index (χ2n) is 5.76. The monoisotopic (exact) mass is 323 g/mol. The molecule has 0 unspecified atom stereocenters. The van der Waals surface area contributed by atoms with E-state index in [1.165, 1.54) is 27.6 Å². The van der Waals surface area contributed by atoms with Gasteiger partial charge in [0.1, 0.15) is 0 Å². The summed E-state index contributed by atoms with van der Waals surface area (Å²) in [6.45, 7) is 4.98. The first-order valence-electron chi connectivity index (χ1n) is 7.81. The minimum absolute atomic E-state index is 0.669. The van der Waals surface area contributed by atoms with Crippen LogP contribution in [0.4, 0.5) is 5.69 Å². The fourth-order valence-corrected chi connectivity index (χ4v) is 3.02. The summed E-state index contributed by atoms with van der Waals surface area (Å²) in [4.78, 5) is 3.30. The summed E-state index contributed by atoms with van der Waals surface area (Å²) in [5.41, 5.74) is 5.98. The summed E-state index contributed by atoms with van der Waals surface area (Å²) in [5, 5.41) is 8.55. The van der Waals surface area contributed by atoms with Crippen LogP contribution in [0.1, 0.15) is 16.7 Å². The molecule has 118 valence electrons. The highest BCUT2D eigenvalue weighted by Gasteiger charge is 2.05. The van der Waals surface area contributed by atoms with E-state index in [0.29, 0.717) is 5.11 Å². The molecular weight excluding hydrogens is 302 g/mol. The number of fused-ring (bicyclic) bond motifs is 1. The van der Waals surface area contributed by atoms with Crippen LogP contribution in [0.2, 0.25) is 0 Å².